The zero-order valence-electron chi connectivity index (χ0n) is 12.4. The monoisotopic (exact) mass is 296 g/mol. The van der Waals surface area contributed by atoms with Crippen LogP contribution in [0.4, 0.5) is 15.8 Å². The van der Waals surface area contributed by atoms with Crippen molar-refractivity contribution in [2.24, 2.45) is 0 Å². The van der Waals surface area contributed by atoms with E-state index >= 15 is 0 Å². The smallest absolute Gasteiger partial charge is 0.241 e. The predicted octanol–water partition coefficient (Wildman–Crippen LogP) is 0.803. The lowest BCUT2D eigenvalue weighted by Gasteiger charge is -2.23. The molecular weight excluding hydrogens is 275 g/mol. The molecule has 0 saturated carbocycles. The fourth-order valence-corrected chi connectivity index (χ4v) is 1.70. The number of halogens is 1. The molecule has 0 heterocycles. The molecule has 0 aromatic heterocycles. The standard InChI is InChI=1S/C14H21FN4O2/c1-4-17-13(20)8-19(3)9(2)14(21)18-12-6-5-10(15)7-11(12)16/h5-7,9H,4,8,16H2,1-3H3,(H,17,20)(H,18,21). The Kier molecular flexibility index (Phi) is 6.10. The highest BCUT2D eigenvalue weighted by atomic mass is 19.1. The van der Waals surface area contributed by atoms with Crippen LogP contribution in [0, 0.1) is 5.82 Å². The van der Waals surface area contributed by atoms with Crippen molar-refractivity contribution in [3.8, 4) is 0 Å². The number of benzene rings is 1. The highest BCUT2D eigenvalue weighted by Gasteiger charge is 2.20. The molecule has 0 bridgehead atoms. The minimum atomic E-state index is -0.531. The van der Waals surface area contributed by atoms with E-state index in [-0.39, 0.29) is 24.0 Å². The number of hydrogen-bond acceptors (Lipinski definition) is 4. The second-order valence-electron chi connectivity index (χ2n) is 4.77. The van der Waals surface area contributed by atoms with Crippen LogP contribution < -0.4 is 16.4 Å². The molecule has 0 aliphatic rings. The van der Waals surface area contributed by atoms with Crippen molar-refractivity contribution in [3.63, 3.8) is 0 Å². The Balaban J connectivity index is 2.63. The van der Waals surface area contributed by atoms with Crippen molar-refractivity contribution in [2.75, 3.05) is 31.2 Å². The van der Waals surface area contributed by atoms with Gasteiger partial charge in [0.2, 0.25) is 11.8 Å². The number of carbonyl (C=O) groups is 2. The first-order valence-electron chi connectivity index (χ1n) is 6.68. The third-order valence-corrected chi connectivity index (χ3v) is 3.08. The van der Waals surface area contributed by atoms with Crippen molar-refractivity contribution in [2.45, 2.75) is 19.9 Å². The van der Waals surface area contributed by atoms with E-state index < -0.39 is 11.9 Å². The molecule has 2 amide bonds. The van der Waals surface area contributed by atoms with Crippen LogP contribution in [0.5, 0.6) is 0 Å². The highest BCUT2D eigenvalue weighted by molar-refractivity contribution is 5.97. The molecule has 0 radical (unpaired) electrons. The van der Waals surface area contributed by atoms with Gasteiger partial charge in [-0.25, -0.2) is 4.39 Å². The number of nitrogen functional groups attached to an aromatic ring is 1. The molecule has 1 rings (SSSR count). The molecule has 21 heavy (non-hydrogen) atoms. The Morgan fingerprint density at radius 3 is 2.67 bits per heavy atom. The Hall–Kier alpha value is -2.15. The Bertz CT molecular complexity index is 522. The Morgan fingerprint density at radius 2 is 2.10 bits per heavy atom. The maximum absolute atomic E-state index is 12.9. The quantitative estimate of drug-likeness (QED) is 0.678. The van der Waals surface area contributed by atoms with Crippen LogP contribution in [0.2, 0.25) is 0 Å². The molecule has 0 aliphatic carbocycles. The van der Waals surface area contributed by atoms with Crippen molar-refractivity contribution >= 4 is 23.2 Å². The van der Waals surface area contributed by atoms with E-state index in [4.69, 9.17) is 5.73 Å². The van der Waals surface area contributed by atoms with E-state index in [9.17, 15) is 14.0 Å². The van der Waals surface area contributed by atoms with E-state index in [1.807, 2.05) is 6.92 Å². The summed E-state index contributed by atoms with van der Waals surface area (Å²) in [5.41, 5.74) is 6.14. The first-order chi connectivity index (χ1) is 9.85. The first kappa shape index (κ1) is 16.9. The summed E-state index contributed by atoms with van der Waals surface area (Å²) in [5, 5.41) is 5.28. The molecule has 6 nitrogen and oxygen atoms in total. The van der Waals surface area contributed by atoms with Crippen LogP contribution >= 0.6 is 0 Å². The van der Waals surface area contributed by atoms with E-state index in [0.717, 1.165) is 6.07 Å². The summed E-state index contributed by atoms with van der Waals surface area (Å²) in [4.78, 5) is 25.2. The maximum Gasteiger partial charge on any atom is 0.241 e. The van der Waals surface area contributed by atoms with Crippen molar-refractivity contribution < 1.29 is 14.0 Å². The molecule has 1 aromatic carbocycles. The number of anilines is 2. The SMILES string of the molecule is CCNC(=O)CN(C)C(C)C(=O)Nc1ccc(F)cc1N. The summed E-state index contributed by atoms with van der Waals surface area (Å²) in [6.45, 7) is 4.15. The zero-order chi connectivity index (χ0) is 16.0. The van der Waals surface area contributed by atoms with Gasteiger partial charge >= 0.3 is 0 Å². The van der Waals surface area contributed by atoms with Gasteiger partial charge in [-0.2, -0.15) is 0 Å². The molecule has 0 fully saturated rings. The predicted molar refractivity (Wildman–Crippen MR) is 80.2 cm³/mol. The van der Waals surface area contributed by atoms with Crippen LogP contribution in [-0.2, 0) is 9.59 Å². The van der Waals surface area contributed by atoms with Gasteiger partial charge in [0.15, 0.2) is 0 Å². The third-order valence-electron chi connectivity index (χ3n) is 3.08. The molecular formula is C14H21FN4O2. The first-order valence-corrected chi connectivity index (χ1v) is 6.68. The number of nitrogens with two attached hydrogens (primary N) is 1. The number of likely N-dealkylation sites (N-methyl/N-ethyl adjacent to an activating group) is 2. The molecule has 7 heteroatoms. The fourth-order valence-electron chi connectivity index (χ4n) is 1.70. The second-order valence-corrected chi connectivity index (χ2v) is 4.77. The molecule has 0 saturated heterocycles. The lowest BCUT2D eigenvalue weighted by Crippen LogP contribution is -2.44. The minimum Gasteiger partial charge on any atom is -0.397 e. The fraction of sp³-hybridized carbons (Fsp3) is 0.429. The number of nitrogens with one attached hydrogen (secondary N) is 2. The minimum absolute atomic E-state index is 0.112. The van der Waals surface area contributed by atoms with Crippen LogP contribution in [0.25, 0.3) is 0 Å². The molecule has 4 N–H and O–H groups in total. The lowest BCUT2D eigenvalue weighted by atomic mass is 10.2. The largest absolute Gasteiger partial charge is 0.397 e. The van der Waals surface area contributed by atoms with E-state index in [1.54, 1.807) is 18.9 Å². The molecule has 1 unspecified atom stereocenters. The van der Waals surface area contributed by atoms with E-state index in [2.05, 4.69) is 10.6 Å². The van der Waals surface area contributed by atoms with Gasteiger partial charge in [0, 0.05) is 6.54 Å². The van der Waals surface area contributed by atoms with Gasteiger partial charge in [0.1, 0.15) is 5.82 Å². The van der Waals surface area contributed by atoms with Gasteiger partial charge in [0.05, 0.1) is 24.0 Å². The van der Waals surface area contributed by atoms with Crippen molar-refractivity contribution in [3.05, 3.63) is 24.0 Å². The maximum atomic E-state index is 12.9. The molecule has 116 valence electrons. The van der Waals surface area contributed by atoms with Gasteiger partial charge in [-0.3, -0.25) is 14.5 Å². The van der Waals surface area contributed by atoms with Crippen LogP contribution in [0.15, 0.2) is 18.2 Å². The Labute approximate surface area is 123 Å². The van der Waals surface area contributed by atoms with E-state index in [1.165, 1.54) is 12.1 Å². The lowest BCUT2D eigenvalue weighted by molar-refractivity contribution is -0.124. The normalized spacial score (nSPS) is 12.0. The van der Waals surface area contributed by atoms with Crippen molar-refractivity contribution in [1.82, 2.24) is 10.2 Å². The number of rotatable bonds is 6. The zero-order valence-corrected chi connectivity index (χ0v) is 12.4. The van der Waals surface area contributed by atoms with Gasteiger partial charge in [-0.05, 0) is 39.1 Å². The van der Waals surface area contributed by atoms with Crippen LogP contribution in [-0.4, -0.2) is 42.9 Å². The number of carbonyl (C=O) groups excluding carboxylic acids is 2. The topological polar surface area (TPSA) is 87.5 Å². The average Bonchev–Trinajstić information content (AvgIpc) is 2.41. The molecule has 0 spiro atoms. The van der Waals surface area contributed by atoms with Gasteiger partial charge in [0.25, 0.3) is 0 Å². The molecule has 0 aliphatic heterocycles. The van der Waals surface area contributed by atoms with Crippen molar-refractivity contribution in [1.29, 1.82) is 0 Å². The summed E-state index contributed by atoms with van der Waals surface area (Å²) < 4.78 is 12.9. The average molecular weight is 296 g/mol. The number of nitrogens with zero attached hydrogens (tertiary/aromatic N) is 1. The van der Waals surface area contributed by atoms with Gasteiger partial charge in [-0.1, -0.05) is 0 Å². The summed E-state index contributed by atoms with van der Waals surface area (Å²) in [6.07, 6.45) is 0. The van der Waals surface area contributed by atoms with Gasteiger partial charge < -0.3 is 16.4 Å². The van der Waals surface area contributed by atoms with E-state index in [0.29, 0.717) is 12.2 Å². The van der Waals surface area contributed by atoms with Crippen LogP contribution in [0.1, 0.15) is 13.8 Å². The second kappa shape index (κ2) is 7.58. The third kappa shape index (κ3) is 5.03. The number of hydrogen-bond donors (Lipinski definition) is 3. The highest BCUT2D eigenvalue weighted by Crippen LogP contribution is 2.19. The number of amides is 2. The summed E-state index contributed by atoms with van der Waals surface area (Å²) in [6, 6.07) is 3.23. The van der Waals surface area contributed by atoms with Crippen LogP contribution in [0.3, 0.4) is 0 Å². The summed E-state index contributed by atoms with van der Waals surface area (Å²) in [5.74, 6) is -0.937. The van der Waals surface area contributed by atoms with Gasteiger partial charge in [-0.15, -0.1) is 0 Å². The summed E-state index contributed by atoms with van der Waals surface area (Å²) in [7, 11) is 1.67. The Morgan fingerprint density at radius 1 is 1.43 bits per heavy atom. The molecule has 1 atom stereocenters. The molecule has 1 aromatic rings. The summed E-state index contributed by atoms with van der Waals surface area (Å²) >= 11 is 0.